The van der Waals surface area contributed by atoms with Crippen molar-refractivity contribution in [2.24, 2.45) is 0 Å². The molecule has 0 unspecified atom stereocenters. The number of hydrogen-bond donors (Lipinski definition) is 2. The number of aryl methyl sites for hydroxylation is 1. The zero-order valence-corrected chi connectivity index (χ0v) is 17.1. The Morgan fingerprint density at radius 1 is 0.933 bits per heavy atom. The first kappa shape index (κ1) is 21.1. The summed E-state index contributed by atoms with van der Waals surface area (Å²) in [5, 5.41) is 10.9. The number of rotatable bonds is 8. The molecule has 0 aliphatic heterocycles. The van der Waals surface area contributed by atoms with Gasteiger partial charge in [0.2, 0.25) is 5.91 Å². The lowest BCUT2D eigenvalue weighted by molar-refractivity contribution is -0.130. The van der Waals surface area contributed by atoms with E-state index in [4.69, 9.17) is 10.00 Å². The van der Waals surface area contributed by atoms with Gasteiger partial charge in [0.25, 0.3) is 5.91 Å². The first-order valence-corrected chi connectivity index (χ1v) is 10.4. The van der Waals surface area contributed by atoms with Crippen LogP contribution < -0.4 is 15.6 Å². The summed E-state index contributed by atoms with van der Waals surface area (Å²) in [5.74, 6) is -0.116. The van der Waals surface area contributed by atoms with Crippen LogP contribution in [0.2, 0.25) is 0 Å². The van der Waals surface area contributed by atoms with Gasteiger partial charge in [-0.25, -0.2) is 0 Å². The second-order valence-corrected chi connectivity index (χ2v) is 7.56. The number of nitrogens with zero attached hydrogens (tertiary/aromatic N) is 1. The highest BCUT2D eigenvalue weighted by Crippen LogP contribution is 2.22. The summed E-state index contributed by atoms with van der Waals surface area (Å²) in [4.78, 5) is 24.9. The normalized spacial score (nSPS) is 10.1. The van der Waals surface area contributed by atoms with Crippen LogP contribution in [-0.2, 0) is 16.0 Å². The summed E-state index contributed by atoms with van der Waals surface area (Å²) >= 11 is 1.67. The zero-order chi connectivity index (χ0) is 21.2. The molecule has 0 saturated carbocycles. The number of carbonyl (C=O) groups is 2. The lowest BCUT2D eigenvalue weighted by Crippen LogP contribution is -2.43. The average molecular weight is 420 g/mol. The quantitative estimate of drug-likeness (QED) is 0.543. The van der Waals surface area contributed by atoms with E-state index >= 15 is 0 Å². The molecule has 2 N–H and O–H groups in total. The third-order valence-electron chi connectivity index (χ3n) is 4.32. The molecule has 0 bridgehead atoms. The van der Waals surface area contributed by atoms with Gasteiger partial charge in [-0.05, 0) is 59.7 Å². The molecule has 1 aromatic heterocycles. The van der Waals surface area contributed by atoms with Gasteiger partial charge >= 0.3 is 0 Å². The van der Waals surface area contributed by atoms with Crippen molar-refractivity contribution in [3.8, 4) is 22.9 Å². The minimum Gasteiger partial charge on any atom is -0.484 e. The molecule has 1 heterocycles. The molecule has 0 fully saturated rings. The molecule has 6 nitrogen and oxygen atoms in total. The minimum absolute atomic E-state index is 0.203. The summed E-state index contributed by atoms with van der Waals surface area (Å²) in [5.41, 5.74) is 7.33. The fourth-order valence-corrected chi connectivity index (χ4v) is 3.50. The molecule has 0 atom stereocenters. The first-order valence-electron chi connectivity index (χ1n) is 9.47. The Labute approximate surface area is 179 Å². The monoisotopic (exact) mass is 419 g/mol. The van der Waals surface area contributed by atoms with Crippen LogP contribution >= 0.6 is 11.3 Å². The van der Waals surface area contributed by atoms with Crippen LogP contribution in [0, 0.1) is 11.3 Å². The Kier molecular flexibility index (Phi) is 7.58. The molecule has 3 aromatic rings. The predicted octanol–water partition coefficient (Wildman–Crippen LogP) is 3.84. The fraction of sp³-hybridized carbons (Fsp3) is 0.174. The van der Waals surface area contributed by atoms with E-state index in [0.29, 0.717) is 17.7 Å². The Morgan fingerprint density at radius 2 is 1.60 bits per heavy atom. The zero-order valence-electron chi connectivity index (χ0n) is 16.3. The number of nitriles is 1. The Hall–Kier alpha value is -3.63. The highest BCUT2D eigenvalue weighted by Gasteiger charge is 2.07. The van der Waals surface area contributed by atoms with Crippen LogP contribution in [0.1, 0.15) is 23.3 Å². The van der Waals surface area contributed by atoms with E-state index in [1.54, 1.807) is 35.6 Å². The van der Waals surface area contributed by atoms with Gasteiger partial charge in [0.1, 0.15) is 5.75 Å². The molecule has 0 saturated heterocycles. The van der Waals surface area contributed by atoms with Crippen LogP contribution in [0.15, 0.2) is 66.0 Å². The number of amides is 2. The van der Waals surface area contributed by atoms with E-state index in [2.05, 4.69) is 16.9 Å². The van der Waals surface area contributed by atoms with Crippen LogP contribution in [0.25, 0.3) is 11.1 Å². The summed E-state index contributed by atoms with van der Waals surface area (Å²) in [6, 6.07) is 20.7. The third-order valence-corrected chi connectivity index (χ3v) is 5.26. The van der Waals surface area contributed by atoms with E-state index in [1.165, 1.54) is 4.88 Å². The van der Waals surface area contributed by atoms with Crippen molar-refractivity contribution in [3.63, 3.8) is 0 Å². The number of ether oxygens (including phenoxy) is 1. The number of benzene rings is 2. The molecular formula is C23H21N3O3S. The fourth-order valence-electron chi connectivity index (χ4n) is 2.75. The first-order chi connectivity index (χ1) is 14.6. The molecule has 0 aliphatic rings. The van der Waals surface area contributed by atoms with Gasteiger partial charge in [0.15, 0.2) is 6.61 Å². The third kappa shape index (κ3) is 6.47. The maximum Gasteiger partial charge on any atom is 0.276 e. The summed E-state index contributed by atoms with van der Waals surface area (Å²) in [6.07, 6.45) is 1.92. The van der Waals surface area contributed by atoms with E-state index in [9.17, 15) is 9.59 Å². The van der Waals surface area contributed by atoms with E-state index in [1.807, 2.05) is 41.8 Å². The molecule has 30 heavy (non-hydrogen) atoms. The van der Waals surface area contributed by atoms with Gasteiger partial charge in [0, 0.05) is 11.3 Å². The average Bonchev–Trinajstić information content (AvgIpc) is 3.30. The van der Waals surface area contributed by atoms with Crippen molar-refractivity contribution in [1.82, 2.24) is 10.9 Å². The van der Waals surface area contributed by atoms with Crippen molar-refractivity contribution in [2.45, 2.75) is 19.3 Å². The van der Waals surface area contributed by atoms with Crippen molar-refractivity contribution >= 4 is 23.2 Å². The molecule has 7 heteroatoms. The second kappa shape index (κ2) is 10.8. The van der Waals surface area contributed by atoms with Crippen LogP contribution in [0.3, 0.4) is 0 Å². The van der Waals surface area contributed by atoms with Crippen molar-refractivity contribution in [3.05, 3.63) is 76.5 Å². The molecule has 2 aromatic carbocycles. The molecule has 0 radical (unpaired) electrons. The second-order valence-electron chi connectivity index (χ2n) is 6.53. The van der Waals surface area contributed by atoms with Gasteiger partial charge in [-0.3, -0.25) is 20.4 Å². The Bertz CT molecular complexity index is 1010. The summed E-state index contributed by atoms with van der Waals surface area (Å²) in [6.45, 7) is -0.203. The number of nitrogens with one attached hydrogen (secondary N) is 2. The molecule has 0 aliphatic carbocycles. The standard InChI is InChI=1S/C23H21N3O3S/c24-15-17-6-8-18(9-7-17)19-10-12-20(13-11-19)29-16-23(28)26-25-22(27)5-1-3-21-4-2-14-30-21/h2,4,6-14H,1,3,5,16H2,(H,25,27)(H,26,28). The van der Waals surface area contributed by atoms with Crippen molar-refractivity contribution < 1.29 is 14.3 Å². The highest BCUT2D eigenvalue weighted by molar-refractivity contribution is 7.09. The molecular weight excluding hydrogens is 398 g/mol. The maximum atomic E-state index is 11.9. The number of carbonyl (C=O) groups excluding carboxylic acids is 2. The predicted molar refractivity (Wildman–Crippen MR) is 116 cm³/mol. The van der Waals surface area contributed by atoms with E-state index < -0.39 is 5.91 Å². The summed E-state index contributed by atoms with van der Waals surface area (Å²) < 4.78 is 5.45. The van der Waals surface area contributed by atoms with Gasteiger partial charge < -0.3 is 4.74 Å². The molecule has 152 valence electrons. The van der Waals surface area contributed by atoms with Gasteiger partial charge in [-0.2, -0.15) is 5.26 Å². The minimum atomic E-state index is -0.433. The summed E-state index contributed by atoms with van der Waals surface area (Å²) in [7, 11) is 0. The Morgan fingerprint density at radius 3 is 2.23 bits per heavy atom. The van der Waals surface area contributed by atoms with Crippen LogP contribution in [0.4, 0.5) is 0 Å². The molecule has 2 amide bonds. The van der Waals surface area contributed by atoms with Gasteiger partial charge in [-0.15, -0.1) is 11.3 Å². The lowest BCUT2D eigenvalue weighted by atomic mass is 10.0. The number of hydrogen-bond acceptors (Lipinski definition) is 5. The SMILES string of the molecule is N#Cc1ccc(-c2ccc(OCC(=O)NNC(=O)CCCc3cccs3)cc2)cc1. The van der Waals surface area contributed by atoms with Crippen molar-refractivity contribution in [1.29, 1.82) is 5.26 Å². The van der Waals surface area contributed by atoms with Gasteiger partial charge in [0.05, 0.1) is 11.6 Å². The molecule has 0 spiro atoms. The van der Waals surface area contributed by atoms with Crippen molar-refractivity contribution in [2.75, 3.05) is 6.61 Å². The van der Waals surface area contributed by atoms with Crippen LogP contribution in [-0.4, -0.2) is 18.4 Å². The van der Waals surface area contributed by atoms with Gasteiger partial charge in [-0.1, -0.05) is 30.3 Å². The Balaban J connectivity index is 1.36. The molecule has 3 rings (SSSR count). The number of hydrazine groups is 1. The highest BCUT2D eigenvalue weighted by atomic mass is 32.1. The maximum absolute atomic E-state index is 11.9. The van der Waals surface area contributed by atoms with E-state index in [-0.39, 0.29) is 12.5 Å². The number of thiophene rings is 1. The lowest BCUT2D eigenvalue weighted by Gasteiger charge is -2.09. The van der Waals surface area contributed by atoms with Crippen LogP contribution in [0.5, 0.6) is 5.75 Å². The van der Waals surface area contributed by atoms with E-state index in [0.717, 1.165) is 24.0 Å². The smallest absolute Gasteiger partial charge is 0.276 e. The largest absolute Gasteiger partial charge is 0.484 e. The topological polar surface area (TPSA) is 91.2 Å².